The Morgan fingerprint density at radius 2 is 1.56 bits per heavy atom. The molecule has 1 amide bonds. The summed E-state index contributed by atoms with van der Waals surface area (Å²) < 4.78 is 2.01. The van der Waals surface area contributed by atoms with Gasteiger partial charge in [-0.05, 0) is 42.0 Å². The van der Waals surface area contributed by atoms with Gasteiger partial charge in [-0.15, -0.1) is 28.5 Å². The van der Waals surface area contributed by atoms with Crippen LogP contribution in [0.2, 0.25) is 0 Å². The van der Waals surface area contributed by atoms with E-state index in [0.717, 1.165) is 23.0 Å². The van der Waals surface area contributed by atoms with Crippen molar-refractivity contribution in [1.29, 1.82) is 0 Å². The first kappa shape index (κ1) is 25.4. The quantitative estimate of drug-likeness (QED) is 0.124. The lowest BCUT2D eigenvalue weighted by atomic mass is 10.2. The Morgan fingerprint density at radius 1 is 0.889 bits per heavy atom. The zero-order valence-electron chi connectivity index (χ0n) is 19.7. The minimum absolute atomic E-state index is 0.119. The van der Waals surface area contributed by atoms with Gasteiger partial charge in [0.05, 0.1) is 22.9 Å². The van der Waals surface area contributed by atoms with Crippen LogP contribution in [0.1, 0.15) is 11.4 Å². The number of anilines is 1. The molecule has 4 rings (SSSR count). The molecule has 0 fully saturated rings. The number of benzene rings is 3. The zero-order valence-corrected chi connectivity index (χ0v) is 21.3. The number of thioether (sulfide) groups is 2. The van der Waals surface area contributed by atoms with Crippen molar-refractivity contribution in [2.24, 2.45) is 10.2 Å². The van der Waals surface area contributed by atoms with Crippen LogP contribution in [0.15, 0.2) is 113 Å². The Labute approximate surface area is 219 Å². The first-order valence-corrected chi connectivity index (χ1v) is 13.5. The number of carbonyl (C=O) groups is 1. The molecule has 182 valence electrons. The minimum atomic E-state index is -0.119. The number of hydrogen-bond donors (Lipinski definition) is 1. The van der Waals surface area contributed by atoms with Crippen LogP contribution < -0.4 is 5.32 Å². The normalized spacial score (nSPS) is 11.0. The van der Waals surface area contributed by atoms with Gasteiger partial charge < -0.3 is 9.88 Å². The molecule has 3 aromatic carbocycles. The van der Waals surface area contributed by atoms with Crippen molar-refractivity contribution >= 4 is 46.5 Å². The van der Waals surface area contributed by atoms with E-state index in [2.05, 4.69) is 44.5 Å². The zero-order chi connectivity index (χ0) is 25.0. The Balaban J connectivity index is 1.28. The van der Waals surface area contributed by atoms with E-state index in [9.17, 15) is 4.79 Å². The van der Waals surface area contributed by atoms with Crippen LogP contribution in [-0.2, 0) is 22.8 Å². The fourth-order valence-electron chi connectivity index (χ4n) is 3.23. The molecule has 0 aliphatic heterocycles. The highest BCUT2D eigenvalue weighted by atomic mass is 32.2. The molecule has 0 unspecified atom stereocenters. The molecule has 36 heavy (non-hydrogen) atoms. The second-order valence-electron chi connectivity index (χ2n) is 7.70. The molecule has 1 aromatic heterocycles. The summed E-state index contributed by atoms with van der Waals surface area (Å²) in [7, 11) is 0. The summed E-state index contributed by atoms with van der Waals surface area (Å²) in [6.45, 7) is 4.44. The van der Waals surface area contributed by atoms with Crippen LogP contribution in [0, 0.1) is 0 Å². The molecule has 0 saturated heterocycles. The van der Waals surface area contributed by atoms with Crippen LogP contribution in [0.4, 0.5) is 17.1 Å². The van der Waals surface area contributed by atoms with Gasteiger partial charge in [0.15, 0.2) is 5.16 Å². The van der Waals surface area contributed by atoms with E-state index in [1.165, 1.54) is 17.3 Å². The largest absolute Gasteiger partial charge is 0.325 e. The molecule has 0 aliphatic carbocycles. The molecule has 0 bridgehead atoms. The van der Waals surface area contributed by atoms with Gasteiger partial charge in [0.1, 0.15) is 5.82 Å². The first-order valence-electron chi connectivity index (χ1n) is 11.4. The molecular formula is C27H26N6OS2. The monoisotopic (exact) mass is 514 g/mol. The summed E-state index contributed by atoms with van der Waals surface area (Å²) >= 11 is 3.14. The topological polar surface area (TPSA) is 84.5 Å². The summed E-state index contributed by atoms with van der Waals surface area (Å²) in [5, 5.41) is 20.7. The van der Waals surface area contributed by atoms with Gasteiger partial charge in [-0.3, -0.25) is 4.79 Å². The number of nitrogens with one attached hydrogen (secondary N) is 1. The van der Waals surface area contributed by atoms with Gasteiger partial charge >= 0.3 is 0 Å². The SMILES string of the molecule is C=CCn1c(CSCc2ccccc2)nnc1SCC(=O)Nc1ccc(N=Nc2ccccc2)cc1. The van der Waals surface area contributed by atoms with E-state index in [1.807, 2.05) is 83.4 Å². The lowest BCUT2D eigenvalue weighted by molar-refractivity contribution is -0.113. The van der Waals surface area contributed by atoms with Crippen LogP contribution in [0.5, 0.6) is 0 Å². The van der Waals surface area contributed by atoms with E-state index in [4.69, 9.17) is 0 Å². The summed E-state index contributed by atoms with van der Waals surface area (Å²) in [6.07, 6.45) is 1.82. The first-order chi connectivity index (χ1) is 17.7. The van der Waals surface area contributed by atoms with E-state index in [-0.39, 0.29) is 11.7 Å². The number of carbonyl (C=O) groups excluding carboxylic acids is 1. The minimum Gasteiger partial charge on any atom is -0.325 e. The number of aromatic nitrogens is 3. The van der Waals surface area contributed by atoms with Crippen molar-refractivity contribution in [3.05, 3.63) is 109 Å². The molecule has 9 heteroatoms. The Bertz CT molecular complexity index is 1290. The van der Waals surface area contributed by atoms with Crippen molar-refractivity contribution in [2.45, 2.75) is 23.2 Å². The molecule has 1 heterocycles. The second-order valence-corrected chi connectivity index (χ2v) is 9.62. The highest BCUT2D eigenvalue weighted by molar-refractivity contribution is 7.99. The van der Waals surface area contributed by atoms with Gasteiger partial charge in [0.2, 0.25) is 5.91 Å². The van der Waals surface area contributed by atoms with Crippen LogP contribution in [0.25, 0.3) is 0 Å². The van der Waals surface area contributed by atoms with Crippen LogP contribution in [-0.4, -0.2) is 26.4 Å². The van der Waals surface area contributed by atoms with Gasteiger partial charge in [-0.1, -0.05) is 66.4 Å². The van der Waals surface area contributed by atoms with E-state index in [1.54, 1.807) is 11.8 Å². The maximum Gasteiger partial charge on any atom is 0.234 e. The van der Waals surface area contributed by atoms with Crippen molar-refractivity contribution in [3.8, 4) is 0 Å². The molecule has 0 aliphatic rings. The number of rotatable bonds is 12. The fraction of sp³-hybridized carbons (Fsp3) is 0.148. The van der Waals surface area contributed by atoms with Crippen molar-refractivity contribution in [1.82, 2.24) is 14.8 Å². The van der Waals surface area contributed by atoms with Crippen LogP contribution >= 0.6 is 23.5 Å². The lowest BCUT2D eigenvalue weighted by Gasteiger charge is -2.08. The Morgan fingerprint density at radius 3 is 2.25 bits per heavy atom. The summed E-state index contributed by atoms with van der Waals surface area (Å²) in [4.78, 5) is 12.5. The van der Waals surface area contributed by atoms with Crippen molar-refractivity contribution in [3.63, 3.8) is 0 Å². The number of hydrogen-bond acceptors (Lipinski definition) is 7. The number of allylic oxidation sites excluding steroid dienone is 1. The number of nitrogens with zero attached hydrogens (tertiary/aromatic N) is 5. The third-order valence-electron chi connectivity index (χ3n) is 4.97. The van der Waals surface area contributed by atoms with E-state index in [0.29, 0.717) is 23.1 Å². The Kier molecular flexibility index (Phi) is 9.46. The summed E-state index contributed by atoms with van der Waals surface area (Å²) in [5.74, 6) is 2.61. The molecule has 0 atom stereocenters. The van der Waals surface area contributed by atoms with Gasteiger partial charge in [0.25, 0.3) is 0 Å². The average molecular weight is 515 g/mol. The molecule has 0 saturated carbocycles. The van der Waals surface area contributed by atoms with Gasteiger partial charge in [-0.2, -0.15) is 10.2 Å². The standard InChI is InChI=1S/C27H26N6OS2/c1-2-17-33-25(19-35-18-21-9-5-3-6-10-21)31-32-27(33)36-20-26(34)28-22-13-15-24(16-14-22)30-29-23-11-7-4-8-12-23/h2-16H,1,17-20H2,(H,28,34). The van der Waals surface area contributed by atoms with Gasteiger partial charge in [-0.25, -0.2) is 0 Å². The third kappa shape index (κ3) is 7.66. The number of azo groups is 1. The molecule has 7 nitrogen and oxygen atoms in total. The molecule has 0 spiro atoms. The molecule has 4 aromatic rings. The lowest BCUT2D eigenvalue weighted by Crippen LogP contribution is -2.14. The maximum absolute atomic E-state index is 12.5. The Hall–Kier alpha value is -3.69. The fourth-order valence-corrected chi connectivity index (χ4v) is 4.92. The second kappa shape index (κ2) is 13.4. The smallest absolute Gasteiger partial charge is 0.234 e. The van der Waals surface area contributed by atoms with Crippen molar-refractivity contribution < 1.29 is 4.79 Å². The molecule has 1 N–H and O–H groups in total. The van der Waals surface area contributed by atoms with E-state index < -0.39 is 0 Å². The predicted octanol–water partition coefficient (Wildman–Crippen LogP) is 7.04. The predicted molar refractivity (Wildman–Crippen MR) is 148 cm³/mol. The van der Waals surface area contributed by atoms with Crippen molar-refractivity contribution in [2.75, 3.05) is 11.1 Å². The average Bonchev–Trinajstić information content (AvgIpc) is 3.30. The molecule has 0 radical (unpaired) electrons. The number of amides is 1. The summed E-state index contributed by atoms with van der Waals surface area (Å²) in [5.41, 5.74) is 3.47. The third-order valence-corrected chi connectivity index (χ3v) is 6.93. The molecular weight excluding hydrogens is 488 g/mol. The maximum atomic E-state index is 12.5. The van der Waals surface area contributed by atoms with Crippen LogP contribution in [0.3, 0.4) is 0 Å². The van der Waals surface area contributed by atoms with Gasteiger partial charge in [0, 0.05) is 18.0 Å². The van der Waals surface area contributed by atoms with E-state index >= 15 is 0 Å². The summed E-state index contributed by atoms with van der Waals surface area (Å²) in [6, 6.07) is 27.1. The highest BCUT2D eigenvalue weighted by Gasteiger charge is 2.14. The highest BCUT2D eigenvalue weighted by Crippen LogP contribution is 2.23.